The first-order valence-corrected chi connectivity index (χ1v) is 8.00. The van der Waals surface area contributed by atoms with Crippen molar-refractivity contribution in [1.82, 2.24) is 19.6 Å². The fraction of sp³-hybridized carbons (Fsp3) is 0.562. The Morgan fingerprint density at radius 1 is 1.33 bits per heavy atom. The number of aromatic nitrogens is 3. The fourth-order valence-electron chi connectivity index (χ4n) is 3.01. The predicted molar refractivity (Wildman–Crippen MR) is 82.7 cm³/mol. The van der Waals surface area contributed by atoms with Crippen LogP contribution in [0.4, 0.5) is 8.78 Å². The number of halogens is 2. The van der Waals surface area contributed by atoms with E-state index in [2.05, 4.69) is 15.0 Å². The number of piperidine rings is 1. The van der Waals surface area contributed by atoms with E-state index in [4.69, 9.17) is 4.52 Å². The van der Waals surface area contributed by atoms with Crippen LogP contribution < -0.4 is 5.56 Å². The van der Waals surface area contributed by atoms with E-state index < -0.39 is 17.7 Å². The first kappa shape index (κ1) is 16.8. The SMILES string of the molecule is Cc1cc(CN2CCC(Cn3cnc(C(F)F)cc3=O)CC2)on1. The van der Waals surface area contributed by atoms with Gasteiger partial charge in [-0.15, -0.1) is 0 Å². The molecule has 3 heterocycles. The van der Waals surface area contributed by atoms with Gasteiger partial charge in [0.1, 0.15) is 5.69 Å². The van der Waals surface area contributed by atoms with Crippen molar-refractivity contribution in [2.45, 2.75) is 39.3 Å². The van der Waals surface area contributed by atoms with Crippen LogP contribution in [0.15, 0.2) is 27.8 Å². The van der Waals surface area contributed by atoms with Gasteiger partial charge >= 0.3 is 0 Å². The molecule has 130 valence electrons. The Kier molecular flexibility index (Phi) is 5.03. The average Bonchev–Trinajstić information content (AvgIpc) is 2.96. The summed E-state index contributed by atoms with van der Waals surface area (Å²) in [5.41, 5.74) is -0.00714. The van der Waals surface area contributed by atoms with E-state index in [0.717, 1.165) is 50.0 Å². The van der Waals surface area contributed by atoms with Crippen molar-refractivity contribution >= 4 is 0 Å². The van der Waals surface area contributed by atoms with Gasteiger partial charge in [-0.2, -0.15) is 0 Å². The maximum Gasteiger partial charge on any atom is 0.280 e. The van der Waals surface area contributed by atoms with Crippen molar-refractivity contribution in [3.05, 3.63) is 46.0 Å². The van der Waals surface area contributed by atoms with Crippen molar-refractivity contribution in [3.8, 4) is 0 Å². The van der Waals surface area contributed by atoms with Crippen molar-refractivity contribution < 1.29 is 13.3 Å². The Balaban J connectivity index is 1.53. The maximum atomic E-state index is 12.5. The van der Waals surface area contributed by atoms with Gasteiger partial charge in [0.05, 0.1) is 18.6 Å². The normalized spacial score (nSPS) is 16.8. The van der Waals surface area contributed by atoms with E-state index in [1.54, 1.807) is 0 Å². The number of aryl methyl sites for hydroxylation is 1. The molecule has 24 heavy (non-hydrogen) atoms. The van der Waals surface area contributed by atoms with Crippen LogP contribution in [-0.4, -0.2) is 32.7 Å². The third-order valence-corrected chi connectivity index (χ3v) is 4.34. The molecule has 8 heteroatoms. The second-order valence-corrected chi connectivity index (χ2v) is 6.26. The minimum absolute atomic E-state index is 0.342. The second kappa shape index (κ2) is 7.21. The Hall–Kier alpha value is -2.09. The van der Waals surface area contributed by atoms with Crippen molar-refractivity contribution in [2.75, 3.05) is 13.1 Å². The number of nitrogens with zero attached hydrogens (tertiary/aromatic N) is 4. The molecule has 1 aliphatic rings. The molecule has 6 nitrogen and oxygen atoms in total. The molecule has 1 fully saturated rings. The van der Waals surface area contributed by atoms with E-state index in [1.807, 2.05) is 13.0 Å². The molecule has 0 aromatic carbocycles. The van der Waals surface area contributed by atoms with Gasteiger partial charge in [-0.1, -0.05) is 5.16 Å². The third kappa shape index (κ3) is 4.05. The number of rotatable bonds is 5. The van der Waals surface area contributed by atoms with Crippen LogP contribution in [0.5, 0.6) is 0 Å². The van der Waals surface area contributed by atoms with Crippen molar-refractivity contribution in [3.63, 3.8) is 0 Å². The minimum Gasteiger partial charge on any atom is -0.360 e. The fourth-order valence-corrected chi connectivity index (χ4v) is 3.01. The van der Waals surface area contributed by atoms with E-state index >= 15 is 0 Å². The summed E-state index contributed by atoms with van der Waals surface area (Å²) in [6.45, 7) is 4.95. The second-order valence-electron chi connectivity index (χ2n) is 6.26. The molecular formula is C16H20F2N4O2. The highest BCUT2D eigenvalue weighted by molar-refractivity contribution is 5.03. The monoisotopic (exact) mass is 338 g/mol. The van der Waals surface area contributed by atoms with Gasteiger partial charge in [0.25, 0.3) is 12.0 Å². The van der Waals surface area contributed by atoms with Gasteiger partial charge in [-0.05, 0) is 38.8 Å². The summed E-state index contributed by atoms with van der Waals surface area (Å²) < 4.78 is 31.7. The first-order valence-electron chi connectivity index (χ1n) is 8.00. The lowest BCUT2D eigenvalue weighted by Crippen LogP contribution is -2.36. The summed E-state index contributed by atoms with van der Waals surface area (Å²) in [6, 6.07) is 2.86. The third-order valence-electron chi connectivity index (χ3n) is 4.34. The molecule has 1 aliphatic heterocycles. The van der Waals surface area contributed by atoms with Crippen molar-refractivity contribution in [2.24, 2.45) is 5.92 Å². The zero-order valence-corrected chi connectivity index (χ0v) is 13.5. The Morgan fingerprint density at radius 3 is 2.67 bits per heavy atom. The molecule has 0 saturated carbocycles. The summed E-state index contributed by atoms with van der Waals surface area (Å²) in [6.07, 6.45) is 0.398. The van der Waals surface area contributed by atoms with Crippen LogP contribution in [0.3, 0.4) is 0 Å². The van der Waals surface area contributed by atoms with Crippen LogP contribution in [-0.2, 0) is 13.1 Å². The maximum absolute atomic E-state index is 12.5. The molecule has 0 spiro atoms. The number of alkyl halides is 2. The van der Waals surface area contributed by atoms with Crippen LogP contribution in [0.25, 0.3) is 0 Å². The molecule has 0 aliphatic carbocycles. The topological polar surface area (TPSA) is 64.2 Å². The quantitative estimate of drug-likeness (QED) is 0.838. The zero-order valence-electron chi connectivity index (χ0n) is 13.5. The summed E-state index contributed by atoms with van der Waals surface area (Å²) >= 11 is 0. The molecule has 3 rings (SSSR count). The van der Waals surface area contributed by atoms with Crippen LogP contribution in [0.2, 0.25) is 0 Å². The van der Waals surface area contributed by atoms with Gasteiger partial charge in [0.15, 0.2) is 5.76 Å². The van der Waals surface area contributed by atoms with Crippen LogP contribution in [0, 0.1) is 12.8 Å². The van der Waals surface area contributed by atoms with E-state index in [0.29, 0.717) is 12.5 Å². The van der Waals surface area contributed by atoms with Gasteiger partial charge in [0.2, 0.25) is 0 Å². The zero-order chi connectivity index (χ0) is 17.1. The summed E-state index contributed by atoms with van der Waals surface area (Å²) in [4.78, 5) is 17.8. The molecular weight excluding hydrogens is 318 g/mol. The Bertz CT molecular complexity index is 736. The molecule has 0 amide bonds. The van der Waals surface area contributed by atoms with Crippen LogP contribution in [0.1, 0.15) is 36.4 Å². The molecule has 0 N–H and O–H groups in total. The molecule has 0 unspecified atom stereocenters. The smallest absolute Gasteiger partial charge is 0.280 e. The van der Waals surface area contributed by atoms with Gasteiger partial charge in [0, 0.05) is 18.7 Å². The lowest BCUT2D eigenvalue weighted by molar-refractivity contribution is 0.144. The molecule has 2 aromatic rings. The molecule has 1 saturated heterocycles. The number of hydrogen-bond donors (Lipinski definition) is 0. The largest absolute Gasteiger partial charge is 0.360 e. The summed E-state index contributed by atoms with van der Waals surface area (Å²) in [5, 5.41) is 3.88. The predicted octanol–water partition coefficient (Wildman–Crippen LogP) is 2.39. The van der Waals surface area contributed by atoms with E-state index in [-0.39, 0.29) is 0 Å². The summed E-state index contributed by atoms with van der Waals surface area (Å²) in [7, 11) is 0. The highest BCUT2D eigenvalue weighted by Crippen LogP contribution is 2.21. The van der Waals surface area contributed by atoms with Crippen LogP contribution >= 0.6 is 0 Å². The minimum atomic E-state index is -2.71. The molecule has 0 radical (unpaired) electrons. The van der Waals surface area contributed by atoms with Gasteiger partial charge in [-0.3, -0.25) is 14.3 Å². The van der Waals surface area contributed by atoms with E-state index in [9.17, 15) is 13.6 Å². The Labute approximate surface area is 138 Å². The number of likely N-dealkylation sites (tertiary alicyclic amines) is 1. The lowest BCUT2D eigenvalue weighted by Gasteiger charge is -2.31. The molecule has 2 aromatic heterocycles. The lowest BCUT2D eigenvalue weighted by atomic mass is 9.96. The number of hydrogen-bond acceptors (Lipinski definition) is 5. The highest BCUT2D eigenvalue weighted by atomic mass is 19.3. The average molecular weight is 338 g/mol. The Morgan fingerprint density at radius 2 is 2.08 bits per heavy atom. The first-order chi connectivity index (χ1) is 11.5. The van der Waals surface area contributed by atoms with Crippen molar-refractivity contribution in [1.29, 1.82) is 0 Å². The van der Waals surface area contributed by atoms with Gasteiger partial charge < -0.3 is 4.52 Å². The molecule has 0 atom stereocenters. The summed E-state index contributed by atoms with van der Waals surface area (Å²) in [5.74, 6) is 1.20. The van der Waals surface area contributed by atoms with Gasteiger partial charge in [-0.25, -0.2) is 13.8 Å². The highest BCUT2D eigenvalue weighted by Gasteiger charge is 2.21. The molecule has 0 bridgehead atoms. The standard InChI is InChI=1S/C16H20F2N4O2/c1-11-6-13(24-20-11)9-21-4-2-12(3-5-21)8-22-10-19-14(16(17)18)7-15(22)23/h6-7,10,12,16H,2-5,8-9H2,1H3. The van der Waals surface area contributed by atoms with E-state index in [1.165, 1.54) is 10.9 Å².